The van der Waals surface area contributed by atoms with Crippen LogP contribution in [-0.4, -0.2) is 25.7 Å². The maximum absolute atomic E-state index is 11.4. The molecule has 16 heavy (non-hydrogen) atoms. The molecule has 3 nitrogen and oxygen atoms in total. The van der Waals surface area contributed by atoms with E-state index in [0.29, 0.717) is 5.02 Å². The lowest BCUT2D eigenvalue weighted by Crippen LogP contribution is -2.53. The highest BCUT2D eigenvalue weighted by atomic mass is 79.9. The third kappa shape index (κ3) is 2.04. The second-order valence-corrected chi connectivity index (χ2v) is 4.94. The molecule has 1 heterocycles. The molecule has 1 fully saturated rings. The largest absolute Gasteiger partial charge is 0.467 e. The minimum Gasteiger partial charge on any atom is -0.467 e. The molecule has 0 N–H and O–H groups in total. The second-order valence-electron chi connectivity index (χ2n) is 3.62. The summed E-state index contributed by atoms with van der Waals surface area (Å²) in [6.07, 6.45) is 0.819. The second kappa shape index (κ2) is 4.63. The maximum atomic E-state index is 11.4. The van der Waals surface area contributed by atoms with E-state index in [1.165, 1.54) is 7.11 Å². The van der Waals surface area contributed by atoms with Crippen LogP contribution in [0.1, 0.15) is 6.42 Å². The first-order valence-electron chi connectivity index (χ1n) is 4.93. The smallest absolute Gasteiger partial charge is 0.328 e. The Morgan fingerprint density at radius 2 is 2.38 bits per heavy atom. The van der Waals surface area contributed by atoms with Crippen LogP contribution in [0.15, 0.2) is 22.7 Å². The summed E-state index contributed by atoms with van der Waals surface area (Å²) in [6, 6.07) is 5.45. The van der Waals surface area contributed by atoms with Gasteiger partial charge in [-0.05, 0) is 24.6 Å². The van der Waals surface area contributed by atoms with Gasteiger partial charge in [0.15, 0.2) is 0 Å². The van der Waals surface area contributed by atoms with Gasteiger partial charge in [-0.15, -0.1) is 0 Å². The fraction of sp³-hybridized carbons (Fsp3) is 0.364. The molecule has 1 aromatic carbocycles. The molecule has 0 spiro atoms. The van der Waals surface area contributed by atoms with Gasteiger partial charge in [-0.3, -0.25) is 0 Å². The van der Waals surface area contributed by atoms with Gasteiger partial charge >= 0.3 is 5.97 Å². The number of methoxy groups -OCH3 is 1. The summed E-state index contributed by atoms with van der Waals surface area (Å²) in [6.45, 7) is 0.834. The van der Waals surface area contributed by atoms with Gasteiger partial charge in [0.05, 0.1) is 17.8 Å². The third-order valence-electron chi connectivity index (χ3n) is 2.71. The Morgan fingerprint density at radius 3 is 2.88 bits per heavy atom. The molecule has 1 aliphatic heterocycles. The van der Waals surface area contributed by atoms with Crippen LogP contribution in [0.2, 0.25) is 5.02 Å². The van der Waals surface area contributed by atoms with Gasteiger partial charge < -0.3 is 9.64 Å². The lowest BCUT2D eigenvalue weighted by atomic mass is 10.0. The molecule has 86 valence electrons. The van der Waals surface area contributed by atoms with Crippen molar-refractivity contribution in [3.8, 4) is 0 Å². The van der Waals surface area contributed by atoms with Crippen LogP contribution in [0.3, 0.4) is 0 Å². The molecular weight excluding hydrogens is 293 g/mol. The van der Waals surface area contributed by atoms with Crippen molar-refractivity contribution in [3.05, 3.63) is 27.7 Å². The van der Waals surface area contributed by atoms with Gasteiger partial charge in [-0.1, -0.05) is 27.5 Å². The molecule has 0 amide bonds. The zero-order chi connectivity index (χ0) is 11.7. The standard InChI is InChI=1S/C11H11BrClNO2/c1-16-11(15)10-4-5-14(10)9-3-2-7(12)6-8(9)13/h2-3,6,10H,4-5H2,1H3. The minimum atomic E-state index is -0.203. The molecule has 1 saturated heterocycles. The van der Waals surface area contributed by atoms with Crippen LogP contribution in [0.5, 0.6) is 0 Å². The first kappa shape index (κ1) is 11.7. The normalized spacial score (nSPS) is 19.2. The van der Waals surface area contributed by atoms with E-state index < -0.39 is 0 Å². The number of halogens is 2. The van der Waals surface area contributed by atoms with Crippen molar-refractivity contribution in [1.82, 2.24) is 0 Å². The summed E-state index contributed by atoms with van der Waals surface area (Å²) >= 11 is 9.47. The first-order valence-corrected chi connectivity index (χ1v) is 6.10. The molecule has 0 aromatic heterocycles. The van der Waals surface area contributed by atoms with Crippen LogP contribution in [0.4, 0.5) is 5.69 Å². The Labute approximate surface area is 107 Å². The molecule has 1 atom stereocenters. The van der Waals surface area contributed by atoms with E-state index in [4.69, 9.17) is 16.3 Å². The zero-order valence-electron chi connectivity index (χ0n) is 8.74. The van der Waals surface area contributed by atoms with Gasteiger partial charge in [0.2, 0.25) is 0 Å². The highest BCUT2D eigenvalue weighted by molar-refractivity contribution is 9.10. The Morgan fingerprint density at radius 1 is 1.62 bits per heavy atom. The Kier molecular flexibility index (Phi) is 3.40. The van der Waals surface area contributed by atoms with Crippen LogP contribution < -0.4 is 4.90 Å². The maximum Gasteiger partial charge on any atom is 0.328 e. The molecule has 1 aliphatic rings. The molecule has 0 radical (unpaired) electrons. The molecule has 1 unspecified atom stereocenters. The van der Waals surface area contributed by atoms with Crippen molar-refractivity contribution in [2.45, 2.75) is 12.5 Å². The molecule has 0 aliphatic carbocycles. The van der Waals surface area contributed by atoms with E-state index in [-0.39, 0.29) is 12.0 Å². The fourth-order valence-electron chi connectivity index (χ4n) is 1.77. The Hall–Kier alpha value is -0.740. The van der Waals surface area contributed by atoms with E-state index in [2.05, 4.69) is 15.9 Å². The number of anilines is 1. The van der Waals surface area contributed by atoms with Crippen LogP contribution >= 0.6 is 27.5 Å². The number of carbonyl (C=O) groups is 1. The van der Waals surface area contributed by atoms with E-state index >= 15 is 0 Å². The Bertz CT molecular complexity index is 424. The zero-order valence-corrected chi connectivity index (χ0v) is 11.1. The van der Waals surface area contributed by atoms with Crippen molar-refractivity contribution in [3.63, 3.8) is 0 Å². The summed E-state index contributed by atoms with van der Waals surface area (Å²) in [5.74, 6) is -0.203. The molecule has 2 rings (SSSR count). The first-order chi connectivity index (χ1) is 7.63. The highest BCUT2D eigenvalue weighted by Crippen LogP contribution is 2.34. The predicted octanol–water partition coefficient (Wildman–Crippen LogP) is 2.85. The Balaban J connectivity index is 2.22. The van der Waals surface area contributed by atoms with Gasteiger partial charge in [-0.25, -0.2) is 4.79 Å². The van der Waals surface area contributed by atoms with Gasteiger partial charge in [0.25, 0.3) is 0 Å². The van der Waals surface area contributed by atoms with Gasteiger partial charge in [0.1, 0.15) is 6.04 Å². The molecule has 0 saturated carbocycles. The number of esters is 1. The lowest BCUT2D eigenvalue weighted by Gasteiger charge is -2.41. The summed E-state index contributed by atoms with van der Waals surface area (Å²) in [7, 11) is 1.40. The van der Waals surface area contributed by atoms with Crippen molar-refractivity contribution in [2.75, 3.05) is 18.6 Å². The number of hydrogen-bond acceptors (Lipinski definition) is 3. The molecule has 0 bridgehead atoms. The summed E-state index contributed by atoms with van der Waals surface area (Å²) in [4.78, 5) is 13.4. The number of benzene rings is 1. The summed E-state index contributed by atoms with van der Waals surface area (Å²) in [5, 5.41) is 0.642. The minimum absolute atomic E-state index is 0.191. The lowest BCUT2D eigenvalue weighted by molar-refractivity contribution is -0.143. The summed E-state index contributed by atoms with van der Waals surface area (Å²) in [5.41, 5.74) is 0.881. The average molecular weight is 305 g/mol. The van der Waals surface area contributed by atoms with Crippen molar-refractivity contribution >= 4 is 39.2 Å². The van der Waals surface area contributed by atoms with Crippen molar-refractivity contribution in [1.29, 1.82) is 0 Å². The van der Waals surface area contributed by atoms with E-state index in [1.807, 2.05) is 23.1 Å². The van der Waals surface area contributed by atoms with E-state index in [1.54, 1.807) is 0 Å². The highest BCUT2D eigenvalue weighted by Gasteiger charge is 2.35. The molecule has 1 aromatic rings. The number of rotatable bonds is 2. The number of nitrogens with zero attached hydrogens (tertiary/aromatic N) is 1. The van der Waals surface area contributed by atoms with Crippen LogP contribution in [0, 0.1) is 0 Å². The quantitative estimate of drug-likeness (QED) is 0.787. The number of ether oxygens (including phenoxy) is 1. The molecular formula is C11H11BrClNO2. The summed E-state index contributed by atoms with van der Waals surface area (Å²) < 4.78 is 5.66. The molecule has 5 heteroatoms. The number of carbonyl (C=O) groups excluding carboxylic acids is 1. The number of hydrogen-bond donors (Lipinski definition) is 0. The average Bonchev–Trinajstić information content (AvgIpc) is 2.20. The van der Waals surface area contributed by atoms with E-state index in [0.717, 1.165) is 23.1 Å². The SMILES string of the molecule is COC(=O)C1CCN1c1ccc(Br)cc1Cl. The van der Waals surface area contributed by atoms with Crippen LogP contribution in [0.25, 0.3) is 0 Å². The fourth-order valence-corrected chi connectivity index (χ4v) is 2.55. The van der Waals surface area contributed by atoms with Gasteiger partial charge in [0, 0.05) is 11.0 Å². The topological polar surface area (TPSA) is 29.5 Å². The third-order valence-corrected chi connectivity index (χ3v) is 3.51. The van der Waals surface area contributed by atoms with Crippen molar-refractivity contribution < 1.29 is 9.53 Å². The van der Waals surface area contributed by atoms with Gasteiger partial charge in [-0.2, -0.15) is 0 Å². The predicted molar refractivity (Wildman–Crippen MR) is 66.9 cm³/mol. The van der Waals surface area contributed by atoms with E-state index in [9.17, 15) is 4.79 Å². The monoisotopic (exact) mass is 303 g/mol. The van der Waals surface area contributed by atoms with Crippen LogP contribution in [-0.2, 0) is 9.53 Å². The van der Waals surface area contributed by atoms with Crippen molar-refractivity contribution in [2.24, 2.45) is 0 Å².